The van der Waals surface area contributed by atoms with E-state index in [0.717, 1.165) is 0 Å². The lowest BCUT2D eigenvalue weighted by atomic mass is 9.98. The van der Waals surface area contributed by atoms with Crippen LogP contribution in [0, 0.1) is 0 Å². The van der Waals surface area contributed by atoms with Crippen molar-refractivity contribution in [2.24, 2.45) is 0 Å². The monoisotopic (exact) mass is 328 g/mol. The van der Waals surface area contributed by atoms with E-state index in [9.17, 15) is 9.59 Å². The van der Waals surface area contributed by atoms with Crippen molar-refractivity contribution in [3.8, 4) is 5.75 Å². The number of aliphatic carboxylic acids is 1. The first kappa shape index (κ1) is 18.1. The topological polar surface area (TPSA) is 87.7 Å². The molecular formula is C15H21ClN2O4. The molecule has 0 saturated heterocycles. The summed E-state index contributed by atoms with van der Waals surface area (Å²) < 4.78 is 5.18. The Morgan fingerprint density at radius 1 is 1.36 bits per heavy atom. The predicted octanol–water partition coefficient (Wildman–Crippen LogP) is 2.52. The van der Waals surface area contributed by atoms with E-state index in [-0.39, 0.29) is 18.9 Å². The number of carboxylic acids is 1. The van der Waals surface area contributed by atoms with Gasteiger partial charge in [0.2, 0.25) is 5.91 Å². The van der Waals surface area contributed by atoms with Crippen LogP contribution in [0.2, 0.25) is 5.02 Å². The molecule has 0 atom stereocenters. The Hall–Kier alpha value is -1.95. The van der Waals surface area contributed by atoms with Gasteiger partial charge in [0.05, 0.1) is 19.3 Å². The molecule has 0 bridgehead atoms. The van der Waals surface area contributed by atoms with Gasteiger partial charge in [-0.25, -0.2) is 0 Å². The van der Waals surface area contributed by atoms with Crippen molar-refractivity contribution in [2.45, 2.75) is 32.2 Å². The Kier molecular flexibility index (Phi) is 6.49. The van der Waals surface area contributed by atoms with E-state index in [1.165, 1.54) is 7.11 Å². The van der Waals surface area contributed by atoms with Crippen LogP contribution >= 0.6 is 11.6 Å². The number of benzene rings is 1. The van der Waals surface area contributed by atoms with E-state index in [1.54, 1.807) is 32.0 Å². The summed E-state index contributed by atoms with van der Waals surface area (Å²) in [5.41, 5.74) is 0.0312. The Balaban J connectivity index is 2.56. The van der Waals surface area contributed by atoms with Crippen molar-refractivity contribution in [3.05, 3.63) is 23.2 Å². The van der Waals surface area contributed by atoms with Gasteiger partial charge in [0.1, 0.15) is 5.75 Å². The highest BCUT2D eigenvalue weighted by Gasteiger charge is 2.21. The van der Waals surface area contributed by atoms with Gasteiger partial charge < -0.3 is 20.5 Å². The summed E-state index contributed by atoms with van der Waals surface area (Å²) in [7, 11) is 1.53. The van der Waals surface area contributed by atoms with Crippen LogP contribution in [0.1, 0.15) is 26.7 Å². The summed E-state index contributed by atoms with van der Waals surface area (Å²) in [6.45, 7) is 3.61. The van der Waals surface area contributed by atoms with E-state index in [2.05, 4.69) is 10.6 Å². The zero-order valence-electron chi connectivity index (χ0n) is 12.9. The summed E-state index contributed by atoms with van der Waals surface area (Å²) in [6.07, 6.45) is 0.359. The Labute approximate surface area is 134 Å². The van der Waals surface area contributed by atoms with Crippen molar-refractivity contribution < 1.29 is 19.4 Å². The molecule has 0 aliphatic heterocycles. The number of methoxy groups -OCH3 is 1. The van der Waals surface area contributed by atoms with Crippen LogP contribution < -0.4 is 15.4 Å². The van der Waals surface area contributed by atoms with E-state index in [1.807, 2.05) is 0 Å². The van der Waals surface area contributed by atoms with Gasteiger partial charge in [-0.15, -0.1) is 0 Å². The molecule has 0 radical (unpaired) electrons. The van der Waals surface area contributed by atoms with Crippen LogP contribution in [0.25, 0.3) is 0 Å². The minimum atomic E-state index is -0.885. The van der Waals surface area contributed by atoms with Crippen molar-refractivity contribution in [1.82, 2.24) is 5.32 Å². The largest absolute Gasteiger partial charge is 0.495 e. The van der Waals surface area contributed by atoms with Gasteiger partial charge in [-0.05, 0) is 38.5 Å². The molecule has 0 saturated carbocycles. The number of halogens is 1. The van der Waals surface area contributed by atoms with Crippen LogP contribution in [0.3, 0.4) is 0 Å². The molecule has 0 aliphatic rings. The van der Waals surface area contributed by atoms with Gasteiger partial charge >= 0.3 is 5.97 Å². The lowest BCUT2D eigenvalue weighted by Crippen LogP contribution is -2.46. The molecule has 7 heteroatoms. The SMILES string of the molecule is COc1ccc(Cl)cc1NCC(=O)NC(C)(C)CCC(=O)O. The maximum atomic E-state index is 12.0. The minimum absolute atomic E-state index is 0.00280. The van der Waals surface area contributed by atoms with Crippen LogP contribution in [0.15, 0.2) is 18.2 Å². The smallest absolute Gasteiger partial charge is 0.303 e. The third kappa shape index (κ3) is 6.22. The van der Waals surface area contributed by atoms with Crippen molar-refractivity contribution in [3.63, 3.8) is 0 Å². The lowest BCUT2D eigenvalue weighted by molar-refractivity contribution is -0.137. The molecule has 22 heavy (non-hydrogen) atoms. The summed E-state index contributed by atoms with van der Waals surface area (Å²) >= 11 is 5.91. The van der Waals surface area contributed by atoms with E-state index < -0.39 is 11.5 Å². The summed E-state index contributed by atoms with van der Waals surface area (Å²) in [6, 6.07) is 5.07. The summed E-state index contributed by atoms with van der Waals surface area (Å²) in [4.78, 5) is 22.6. The van der Waals surface area contributed by atoms with Crippen LogP contribution in [0.4, 0.5) is 5.69 Å². The predicted molar refractivity (Wildman–Crippen MR) is 85.6 cm³/mol. The van der Waals surface area contributed by atoms with Crippen molar-refractivity contribution in [2.75, 3.05) is 19.0 Å². The summed E-state index contributed by atoms with van der Waals surface area (Å²) in [5.74, 6) is -0.538. The number of ether oxygens (including phenoxy) is 1. The van der Waals surface area contributed by atoms with Gasteiger partial charge in [-0.3, -0.25) is 9.59 Å². The second kappa shape index (κ2) is 7.89. The molecule has 0 spiro atoms. The highest BCUT2D eigenvalue weighted by atomic mass is 35.5. The average molecular weight is 329 g/mol. The first-order valence-corrected chi connectivity index (χ1v) is 7.21. The molecule has 0 unspecified atom stereocenters. The van der Waals surface area contributed by atoms with Gasteiger partial charge in [0.15, 0.2) is 0 Å². The van der Waals surface area contributed by atoms with Crippen LogP contribution in [-0.2, 0) is 9.59 Å². The molecular weight excluding hydrogens is 308 g/mol. The number of carbonyl (C=O) groups excluding carboxylic acids is 1. The highest BCUT2D eigenvalue weighted by molar-refractivity contribution is 6.30. The van der Waals surface area contributed by atoms with E-state index in [0.29, 0.717) is 22.9 Å². The molecule has 0 fully saturated rings. The fourth-order valence-electron chi connectivity index (χ4n) is 1.90. The average Bonchev–Trinajstić information content (AvgIpc) is 2.43. The number of hydrogen-bond acceptors (Lipinski definition) is 4. The fraction of sp³-hybridized carbons (Fsp3) is 0.467. The van der Waals surface area contributed by atoms with Crippen LogP contribution in [-0.4, -0.2) is 36.2 Å². The van der Waals surface area contributed by atoms with Crippen molar-refractivity contribution >= 4 is 29.2 Å². The molecule has 1 amide bonds. The third-order valence-corrected chi connectivity index (χ3v) is 3.28. The molecule has 0 aromatic heterocycles. The van der Waals surface area contributed by atoms with Crippen molar-refractivity contribution in [1.29, 1.82) is 0 Å². The molecule has 1 aromatic carbocycles. The minimum Gasteiger partial charge on any atom is -0.495 e. The zero-order chi connectivity index (χ0) is 16.8. The number of hydrogen-bond donors (Lipinski definition) is 3. The lowest BCUT2D eigenvalue weighted by Gasteiger charge is -2.26. The molecule has 122 valence electrons. The standard InChI is InChI=1S/C15H21ClN2O4/c1-15(2,7-6-14(20)21)18-13(19)9-17-11-8-10(16)4-5-12(11)22-3/h4-5,8,17H,6-7,9H2,1-3H3,(H,18,19)(H,20,21). The summed E-state index contributed by atoms with van der Waals surface area (Å²) in [5, 5.41) is 15.0. The molecule has 3 N–H and O–H groups in total. The van der Waals surface area contributed by atoms with Gasteiger partial charge in [-0.1, -0.05) is 11.6 Å². The number of carbonyl (C=O) groups is 2. The third-order valence-electron chi connectivity index (χ3n) is 3.04. The Morgan fingerprint density at radius 2 is 2.05 bits per heavy atom. The maximum Gasteiger partial charge on any atom is 0.303 e. The maximum absolute atomic E-state index is 12.0. The van der Waals surface area contributed by atoms with E-state index in [4.69, 9.17) is 21.4 Å². The Bertz CT molecular complexity index is 546. The quantitative estimate of drug-likeness (QED) is 0.682. The second-order valence-electron chi connectivity index (χ2n) is 5.52. The number of rotatable bonds is 8. The van der Waals surface area contributed by atoms with Crippen LogP contribution in [0.5, 0.6) is 5.75 Å². The van der Waals surface area contributed by atoms with Gasteiger partial charge in [0, 0.05) is 17.0 Å². The molecule has 0 heterocycles. The Morgan fingerprint density at radius 3 is 2.64 bits per heavy atom. The molecule has 6 nitrogen and oxygen atoms in total. The zero-order valence-corrected chi connectivity index (χ0v) is 13.7. The number of amides is 1. The molecule has 0 aliphatic carbocycles. The van der Waals surface area contributed by atoms with E-state index >= 15 is 0 Å². The first-order chi connectivity index (χ1) is 10.2. The number of carboxylic acid groups (broad SMARTS) is 1. The number of anilines is 1. The van der Waals surface area contributed by atoms with Gasteiger partial charge in [-0.2, -0.15) is 0 Å². The highest BCUT2D eigenvalue weighted by Crippen LogP contribution is 2.27. The normalized spacial score (nSPS) is 10.9. The molecule has 1 aromatic rings. The molecule has 1 rings (SSSR count). The first-order valence-electron chi connectivity index (χ1n) is 6.84. The fourth-order valence-corrected chi connectivity index (χ4v) is 2.07. The number of nitrogens with one attached hydrogen (secondary N) is 2. The second-order valence-corrected chi connectivity index (χ2v) is 5.96. The van der Waals surface area contributed by atoms with Gasteiger partial charge in [0.25, 0.3) is 0 Å².